The third-order valence-electron chi connectivity index (χ3n) is 4.30. The predicted molar refractivity (Wildman–Crippen MR) is 89.2 cm³/mol. The smallest absolute Gasteiger partial charge is 0.478 e. The molecule has 0 atom stereocenters. The van der Waals surface area contributed by atoms with Gasteiger partial charge in [0.2, 0.25) is 0 Å². The Balaban J connectivity index is 2.32. The van der Waals surface area contributed by atoms with Crippen molar-refractivity contribution in [2.75, 3.05) is 13.6 Å². The number of nitrogens with zero attached hydrogens (tertiary/aromatic N) is 1. The zero-order chi connectivity index (χ0) is 17.3. The lowest BCUT2D eigenvalue weighted by atomic mass is 9.77. The fraction of sp³-hybridized carbons (Fsp3) is 0.500. The Morgan fingerprint density at radius 1 is 1.30 bits per heavy atom. The normalized spacial score (nSPS) is 19.9. The molecule has 1 aliphatic rings. The van der Waals surface area contributed by atoms with Crippen LogP contribution in [-0.2, 0) is 9.31 Å². The second-order valence-electron chi connectivity index (χ2n) is 6.65. The quantitative estimate of drug-likeness (QED) is 0.809. The number of likely N-dealkylation sites (N-methyl/N-ethyl adjacent to an activating group) is 1. The molecule has 0 aromatic carbocycles. The van der Waals surface area contributed by atoms with Crippen molar-refractivity contribution in [3.05, 3.63) is 35.1 Å². The molecule has 0 saturated carbocycles. The number of rotatable bonds is 5. The Morgan fingerprint density at radius 2 is 1.91 bits per heavy atom. The Bertz CT molecular complexity index is 612. The van der Waals surface area contributed by atoms with E-state index in [1.165, 1.54) is 6.20 Å². The van der Waals surface area contributed by atoms with Gasteiger partial charge in [-0.1, -0.05) is 6.08 Å². The molecule has 1 aliphatic heterocycles. The van der Waals surface area contributed by atoms with E-state index in [0.717, 1.165) is 5.47 Å². The monoisotopic (exact) mass is 318 g/mol. The van der Waals surface area contributed by atoms with E-state index < -0.39 is 24.3 Å². The van der Waals surface area contributed by atoms with Crippen molar-refractivity contribution in [1.29, 1.82) is 0 Å². The van der Waals surface area contributed by atoms with Crippen molar-refractivity contribution in [3.8, 4) is 0 Å². The van der Waals surface area contributed by atoms with Gasteiger partial charge in [0.15, 0.2) is 0 Å². The van der Waals surface area contributed by atoms with Gasteiger partial charge in [0.25, 0.3) is 0 Å². The van der Waals surface area contributed by atoms with Crippen molar-refractivity contribution < 1.29 is 19.2 Å². The third kappa shape index (κ3) is 3.80. The van der Waals surface area contributed by atoms with Crippen LogP contribution in [0, 0.1) is 0 Å². The zero-order valence-electron chi connectivity index (χ0n) is 14.2. The first-order valence-electron chi connectivity index (χ1n) is 7.55. The highest BCUT2D eigenvalue weighted by molar-refractivity contribution is 6.55. The number of nitrogens with one attached hydrogen (secondary N) is 1. The second kappa shape index (κ2) is 6.43. The highest BCUT2D eigenvalue weighted by atomic mass is 16.7. The summed E-state index contributed by atoms with van der Waals surface area (Å²) >= 11 is 0. The van der Waals surface area contributed by atoms with Crippen LogP contribution in [0.25, 0.3) is 6.08 Å². The molecule has 0 spiro atoms. The minimum Gasteiger partial charge on any atom is -0.478 e. The van der Waals surface area contributed by atoms with Crippen molar-refractivity contribution in [3.63, 3.8) is 0 Å². The molecule has 0 amide bonds. The van der Waals surface area contributed by atoms with E-state index in [1.807, 2.05) is 40.8 Å². The molecule has 0 radical (unpaired) electrons. The number of aromatic nitrogens is 1. The van der Waals surface area contributed by atoms with Crippen LogP contribution >= 0.6 is 0 Å². The van der Waals surface area contributed by atoms with Crippen LogP contribution in [-0.4, -0.2) is 48.0 Å². The largest absolute Gasteiger partial charge is 0.491 e. The van der Waals surface area contributed by atoms with Crippen LogP contribution in [0.2, 0.25) is 0 Å². The zero-order valence-corrected chi connectivity index (χ0v) is 14.2. The lowest BCUT2D eigenvalue weighted by molar-refractivity contribution is 0.00578. The van der Waals surface area contributed by atoms with Crippen LogP contribution in [0.1, 0.15) is 43.6 Å². The first kappa shape index (κ1) is 17.7. The highest BCUT2D eigenvalue weighted by Crippen LogP contribution is 2.38. The van der Waals surface area contributed by atoms with Crippen LogP contribution < -0.4 is 5.32 Å². The first-order valence-corrected chi connectivity index (χ1v) is 7.55. The molecule has 0 bridgehead atoms. The van der Waals surface area contributed by atoms with Gasteiger partial charge in [-0.2, -0.15) is 0 Å². The summed E-state index contributed by atoms with van der Waals surface area (Å²) in [4.78, 5) is 15.0. The summed E-state index contributed by atoms with van der Waals surface area (Å²) in [6.07, 6.45) is 4.80. The molecule has 0 unspecified atom stereocenters. The van der Waals surface area contributed by atoms with E-state index in [9.17, 15) is 4.79 Å². The fourth-order valence-electron chi connectivity index (χ4n) is 2.27. The number of aromatic carboxylic acids is 1. The van der Waals surface area contributed by atoms with Gasteiger partial charge in [-0.3, -0.25) is 4.98 Å². The number of carboxylic acids is 1. The average Bonchev–Trinajstić information content (AvgIpc) is 2.67. The number of carboxylic acid groups (broad SMARTS) is 1. The number of carbonyl (C=O) groups is 1. The summed E-state index contributed by atoms with van der Waals surface area (Å²) < 4.78 is 12.1. The number of pyridine rings is 1. The number of hydrogen-bond donors (Lipinski definition) is 2. The number of hydrogen-bond acceptors (Lipinski definition) is 5. The van der Waals surface area contributed by atoms with Gasteiger partial charge in [-0.25, -0.2) is 4.79 Å². The predicted octanol–water partition coefficient (Wildman–Crippen LogP) is 2.01. The third-order valence-corrected chi connectivity index (χ3v) is 4.30. The first-order chi connectivity index (χ1) is 10.7. The molecule has 1 aromatic heterocycles. The Labute approximate surface area is 137 Å². The molecule has 1 aromatic rings. The van der Waals surface area contributed by atoms with E-state index in [1.54, 1.807) is 12.3 Å². The lowest BCUT2D eigenvalue weighted by Crippen LogP contribution is -2.41. The van der Waals surface area contributed by atoms with E-state index in [2.05, 4.69) is 10.3 Å². The average molecular weight is 318 g/mol. The van der Waals surface area contributed by atoms with E-state index in [0.29, 0.717) is 12.1 Å². The molecule has 23 heavy (non-hydrogen) atoms. The van der Waals surface area contributed by atoms with Gasteiger partial charge in [-0.15, -0.1) is 0 Å². The molecule has 1 saturated heterocycles. The minimum absolute atomic E-state index is 0.150. The maximum atomic E-state index is 11.1. The van der Waals surface area contributed by atoms with Crippen LogP contribution in [0.4, 0.5) is 0 Å². The van der Waals surface area contributed by atoms with Crippen molar-refractivity contribution in [2.45, 2.75) is 38.9 Å². The molecule has 2 rings (SSSR count). The summed E-state index contributed by atoms with van der Waals surface area (Å²) in [5.41, 5.74) is 0.883. The molecule has 7 heteroatoms. The Hall–Kier alpha value is -1.70. The summed E-state index contributed by atoms with van der Waals surface area (Å²) in [5, 5.41) is 12.2. The second-order valence-corrected chi connectivity index (χ2v) is 6.65. The molecule has 6 nitrogen and oxygen atoms in total. The van der Waals surface area contributed by atoms with Gasteiger partial charge in [-0.05, 0) is 51.8 Å². The molecular weight excluding hydrogens is 295 g/mol. The summed E-state index contributed by atoms with van der Waals surface area (Å²) in [6.45, 7) is 8.55. The van der Waals surface area contributed by atoms with Crippen molar-refractivity contribution in [2.24, 2.45) is 0 Å². The molecule has 0 aliphatic carbocycles. The molecule has 2 N–H and O–H groups in total. The maximum absolute atomic E-state index is 11.1. The molecule has 2 heterocycles. The molecule has 124 valence electrons. The SMILES string of the molecule is CNCC(=Cc1cncc(C(=O)O)c1)B1OC(C)(C)C(C)(C)O1. The maximum Gasteiger partial charge on any atom is 0.491 e. The fourth-order valence-corrected chi connectivity index (χ4v) is 2.27. The Morgan fingerprint density at radius 3 is 2.43 bits per heavy atom. The molecule has 1 fully saturated rings. The van der Waals surface area contributed by atoms with Gasteiger partial charge in [0.1, 0.15) is 0 Å². The standard InChI is InChI=1S/C16H23BN2O4/c1-15(2)16(3,4)23-17(22-15)13(10-18-5)7-11-6-12(14(20)21)9-19-8-11/h6-9,18H,10H2,1-5H3,(H,20,21). The lowest BCUT2D eigenvalue weighted by Gasteiger charge is -2.32. The van der Waals surface area contributed by atoms with E-state index in [4.69, 9.17) is 14.4 Å². The van der Waals surface area contributed by atoms with Crippen molar-refractivity contribution in [1.82, 2.24) is 10.3 Å². The van der Waals surface area contributed by atoms with Crippen LogP contribution in [0.3, 0.4) is 0 Å². The molecular formula is C16H23BN2O4. The Kier molecular flexibility index (Phi) is 4.94. The summed E-state index contributed by atoms with van der Waals surface area (Å²) in [5.74, 6) is -1.00. The van der Waals surface area contributed by atoms with Gasteiger partial charge in [0, 0.05) is 18.9 Å². The van der Waals surface area contributed by atoms with Gasteiger partial charge < -0.3 is 19.7 Å². The summed E-state index contributed by atoms with van der Waals surface area (Å²) in [7, 11) is 1.35. The highest BCUT2D eigenvalue weighted by Gasteiger charge is 2.52. The van der Waals surface area contributed by atoms with E-state index >= 15 is 0 Å². The van der Waals surface area contributed by atoms with Crippen molar-refractivity contribution >= 4 is 19.2 Å². The van der Waals surface area contributed by atoms with Crippen LogP contribution in [0.15, 0.2) is 23.9 Å². The minimum atomic E-state index is -1.00. The van der Waals surface area contributed by atoms with Crippen LogP contribution in [0.5, 0.6) is 0 Å². The van der Waals surface area contributed by atoms with Gasteiger partial charge >= 0.3 is 13.1 Å². The summed E-state index contributed by atoms with van der Waals surface area (Å²) in [6, 6.07) is 1.58. The van der Waals surface area contributed by atoms with E-state index in [-0.39, 0.29) is 5.56 Å². The topological polar surface area (TPSA) is 80.7 Å². The van der Waals surface area contributed by atoms with Gasteiger partial charge in [0.05, 0.1) is 16.8 Å².